The standard InChI is InChI=1S/C21H21N5O3S/c27-20(15-2-1-7-26(12-15)19-11-22-5-6-23-19)25-21-24-16(13-30-21)14-3-4-17-18(10-14)29-9-8-28-17/h3-6,10-11,13,15H,1-2,7-9,12H2,(H,24,25,27)/t15-/m0/s1. The fourth-order valence-corrected chi connectivity index (χ4v) is 4.45. The van der Waals surface area contributed by atoms with Crippen LogP contribution in [0.5, 0.6) is 11.5 Å². The van der Waals surface area contributed by atoms with Gasteiger partial charge in [0.15, 0.2) is 16.6 Å². The average Bonchev–Trinajstić information content (AvgIpc) is 3.28. The molecule has 4 heterocycles. The van der Waals surface area contributed by atoms with E-state index in [1.165, 1.54) is 11.3 Å². The number of aromatic nitrogens is 3. The van der Waals surface area contributed by atoms with Crippen molar-refractivity contribution < 1.29 is 14.3 Å². The summed E-state index contributed by atoms with van der Waals surface area (Å²) in [5, 5.41) is 5.52. The molecule has 0 saturated carbocycles. The van der Waals surface area contributed by atoms with E-state index in [1.54, 1.807) is 18.6 Å². The summed E-state index contributed by atoms with van der Waals surface area (Å²) >= 11 is 1.42. The molecule has 0 spiro atoms. The van der Waals surface area contributed by atoms with Crippen LogP contribution in [0.25, 0.3) is 11.3 Å². The van der Waals surface area contributed by atoms with E-state index in [1.807, 2.05) is 23.6 Å². The second kappa shape index (κ2) is 8.27. The lowest BCUT2D eigenvalue weighted by molar-refractivity contribution is -0.120. The first-order chi connectivity index (χ1) is 14.8. The molecule has 2 aliphatic heterocycles. The Bertz CT molecular complexity index is 1040. The highest BCUT2D eigenvalue weighted by Gasteiger charge is 2.27. The maximum atomic E-state index is 12.8. The second-order valence-electron chi connectivity index (χ2n) is 7.23. The number of carbonyl (C=O) groups excluding carboxylic acids is 1. The third-order valence-corrected chi connectivity index (χ3v) is 6.00. The molecule has 0 bridgehead atoms. The van der Waals surface area contributed by atoms with Gasteiger partial charge in [-0.2, -0.15) is 0 Å². The smallest absolute Gasteiger partial charge is 0.231 e. The van der Waals surface area contributed by atoms with E-state index in [0.717, 1.165) is 48.0 Å². The van der Waals surface area contributed by atoms with E-state index in [-0.39, 0.29) is 11.8 Å². The van der Waals surface area contributed by atoms with Gasteiger partial charge in [-0.05, 0) is 31.0 Å². The van der Waals surface area contributed by atoms with Crippen LogP contribution in [0.4, 0.5) is 10.9 Å². The Morgan fingerprint density at radius 3 is 2.97 bits per heavy atom. The molecule has 1 N–H and O–H groups in total. The number of piperidine rings is 1. The van der Waals surface area contributed by atoms with Gasteiger partial charge in [0.2, 0.25) is 5.91 Å². The number of fused-ring (bicyclic) bond motifs is 1. The van der Waals surface area contributed by atoms with Gasteiger partial charge in [0.05, 0.1) is 17.8 Å². The first-order valence-electron chi connectivity index (χ1n) is 9.93. The highest BCUT2D eigenvalue weighted by Crippen LogP contribution is 2.35. The lowest BCUT2D eigenvalue weighted by Crippen LogP contribution is -2.41. The molecular weight excluding hydrogens is 402 g/mol. The van der Waals surface area contributed by atoms with Gasteiger partial charge in [-0.15, -0.1) is 11.3 Å². The predicted molar refractivity (Wildman–Crippen MR) is 114 cm³/mol. The van der Waals surface area contributed by atoms with Gasteiger partial charge in [0.1, 0.15) is 19.0 Å². The van der Waals surface area contributed by atoms with Gasteiger partial charge in [-0.3, -0.25) is 9.78 Å². The number of hydrogen-bond donors (Lipinski definition) is 1. The summed E-state index contributed by atoms with van der Waals surface area (Å²) < 4.78 is 11.2. The molecule has 0 radical (unpaired) electrons. The van der Waals surface area contributed by atoms with E-state index in [4.69, 9.17) is 9.47 Å². The highest BCUT2D eigenvalue weighted by atomic mass is 32.1. The van der Waals surface area contributed by atoms with Crippen molar-refractivity contribution >= 4 is 28.2 Å². The maximum Gasteiger partial charge on any atom is 0.231 e. The summed E-state index contributed by atoms with van der Waals surface area (Å²) in [6.45, 7) is 2.62. The first-order valence-corrected chi connectivity index (χ1v) is 10.8. The minimum atomic E-state index is -0.109. The van der Waals surface area contributed by atoms with Crippen LogP contribution in [0.3, 0.4) is 0 Å². The predicted octanol–water partition coefficient (Wildman–Crippen LogP) is 3.23. The summed E-state index contributed by atoms with van der Waals surface area (Å²) in [4.78, 5) is 28.0. The Morgan fingerprint density at radius 2 is 2.10 bits per heavy atom. The summed E-state index contributed by atoms with van der Waals surface area (Å²) in [7, 11) is 0. The monoisotopic (exact) mass is 423 g/mol. The van der Waals surface area contributed by atoms with Gasteiger partial charge in [-0.25, -0.2) is 9.97 Å². The Kier molecular flexibility index (Phi) is 5.18. The van der Waals surface area contributed by atoms with Gasteiger partial charge in [0.25, 0.3) is 0 Å². The molecule has 8 nitrogen and oxygen atoms in total. The molecule has 2 aromatic heterocycles. The maximum absolute atomic E-state index is 12.8. The lowest BCUT2D eigenvalue weighted by atomic mass is 9.97. The van der Waals surface area contributed by atoms with Crippen LogP contribution in [0, 0.1) is 5.92 Å². The van der Waals surface area contributed by atoms with E-state index in [9.17, 15) is 4.79 Å². The van der Waals surface area contributed by atoms with Crippen LogP contribution in [-0.4, -0.2) is 47.2 Å². The minimum Gasteiger partial charge on any atom is -0.486 e. The molecule has 9 heteroatoms. The number of hydrogen-bond acceptors (Lipinski definition) is 8. The number of benzene rings is 1. The molecular formula is C21H21N5O3S. The molecule has 3 aromatic rings. The van der Waals surface area contributed by atoms with Crippen molar-refractivity contribution in [1.82, 2.24) is 15.0 Å². The van der Waals surface area contributed by atoms with Crippen LogP contribution < -0.4 is 19.7 Å². The van der Waals surface area contributed by atoms with Crippen LogP contribution in [0.1, 0.15) is 12.8 Å². The molecule has 1 atom stereocenters. The Morgan fingerprint density at radius 1 is 1.20 bits per heavy atom. The number of amides is 1. The Labute approximate surface area is 177 Å². The highest BCUT2D eigenvalue weighted by molar-refractivity contribution is 7.14. The largest absolute Gasteiger partial charge is 0.486 e. The van der Waals surface area contributed by atoms with Crippen molar-refractivity contribution in [3.8, 4) is 22.8 Å². The molecule has 5 rings (SSSR count). The van der Waals surface area contributed by atoms with Crippen LogP contribution in [-0.2, 0) is 4.79 Å². The number of rotatable bonds is 4. The van der Waals surface area contributed by atoms with E-state index >= 15 is 0 Å². The fraction of sp³-hybridized carbons (Fsp3) is 0.333. The summed E-state index contributed by atoms with van der Waals surface area (Å²) in [5.74, 6) is 2.17. The number of ether oxygens (including phenoxy) is 2. The molecule has 1 saturated heterocycles. The third-order valence-electron chi connectivity index (χ3n) is 5.24. The number of carbonyl (C=O) groups is 1. The average molecular weight is 423 g/mol. The van der Waals surface area contributed by atoms with E-state index in [0.29, 0.717) is 24.9 Å². The van der Waals surface area contributed by atoms with Crippen LogP contribution in [0.15, 0.2) is 42.2 Å². The van der Waals surface area contributed by atoms with Gasteiger partial charge in [-0.1, -0.05) is 0 Å². The number of nitrogens with one attached hydrogen (secondary N) is 1. The van der Waals surface area contributed by atoms with Crippen LogP contribution >= 0.6 is 11.3 Å². The fourth-order valence-electron chi connectivity index (χ4n) is 3.73. The molecule has 1 fully saturated rings. The quantitative estimate of drug-likeness (QED) is 0.689. The zero-order chi connectivity index (χ0) is 20.3. The second-order valence-corrected chi connectivity index (χ2v) is 8.09. The third kappa shape index (κ3) is 3.93. The zero-order valence-electron chi connectivity index (χ0n) is 16.3. The molecule has 0 unspecified atom stereocenters. The Hall–Kier alpha value is -3.20. The number of nitrogens with zero attached hydrogens (tertiary/aromatic N) is 4. The van der Waals surface area contributed by atoms with Crippen molar-refractivity contribution in [2.75, 3.05) is 36.5 Å². The van der Waals surface area contributed by atoms with Crippen molar-refractivity contribution in [2.24, 2.45) is 5.92 Å². The lowest BCUT2D eigenvalue weighted by Gasteiger charge is -2.32. The normalized spacial score (nSPS) is 18.1. The SMILES string of the molecule is O=C(Nc1nc(-c2ccc3c(c2)OCCO3)cs1)[C@H]1CCCN(c2cnccn2)C1. The molecule has 1 amide bonds. The van der Waals surface area contributed by atoms with Crippen molar-refractivity contribution in [2.45, 2.75) is 12.8 Å². The summed E-state index contributed by atoms with van der Waals surface area (Å²) in [6, 6.07) is 5.77. The van der Waals surface area contributed by atoms with Gasteiger partial charge in [0, 0.05) is 36.4 Å². The first kappa shape index (κ1) is 18.8. The summed E-state index contributed by atoms with van der Waals surface area (Å²) in [5.41, 5.74) is 1.74. The van der Waals surface area contributed by atoms with Crippen molar-refractivity contribution in [3.05, 3.63) is 42.2 Å². The minimum absolute atomic E-state index is 0.00772. The zero-order valence-corrected chi connectivity index (χ0v) is 17.1. The Balaban J connectivity index is 1.25. The topological polar surface area (TPSA) is 89.5 Å². The molecule has 2 aliphatic rings. The molecule has 0 aliphatic carbocycles. The van der Waals surface area contributed by atoms with E-state index in [2.05, 4.69) is 25.2 Å². The van der Waals surface area contributed by atoms with Gasteiger partial charge >= 0.3 is 0 Å². The van der Waals surface area contributed by atoms with Crippen LogP contribution in [0.2, 0.25) is 0 Å². The molecule has 30 heavy (non-hydrogen) atoms. The van der Waals surface area contributed by atoms with Crippen molar-refractivity contribution in [1.29, 1.82) is 0 Å². The van der Waals surface area contributed by atoms with Crippen molar-refractivity contribution in [3.63, 3.8) is 0 Å². The van der Waals surface area contributed by atoms with E-state index < -0.39 is 0 Å². The summed E-state index contributed by atoms with van der Waals surface area (Å²) in [6.07, 6.45) is 6.85. The van der Waals surface area contributed by atoms with Gasteiger partial charge < -0.3 is 19.7 Å². The number of thiazole rings is 1. The molecule has 154 valence electrons. The number of anilines is 2. The molecule has 1 aromatic carbocycles.